The summed E-state index contributed by atoms with van der Waals surface area (Å²) in [6, 6.07) is 26.2. The first kappa shape index (κ1) is 24.8. The molecular formula is C27H25BrN4O2S. The van der Waals surface area contributed by atoms with E-state index in [1.54, 1.807) is 0 Å². The molecule has 1 aromatic heterocycles. The van der Waals surface area contributed by atoms with Crippen molar-refractivity contribution in [3.8, 4) is 10.6 Å². The SMILES string of the molecule is CCC(C(=O)NC(Cc1ccccc1)C(=O)Nc1nnc(-c2ccc(Br)cc2)s1)c1ccccc1. The van der Waals surface area contributed by atoms with E-state index < -0.39 is 6.04 Å². The molecule has 178 valence electrons. The van der Waals surface area contributed by atoms with Crippen molar-refractivity contribution in [2.75, 3.05) is 5.32 Å². The Morgan fingerprint density at radius 3 is 2.20 bits per heavy atom. The van der Waals surface area contributed by atoms with Gasteiger partial charge in [-0.15, -0.1) is 10.2 Å². The fourth-order valence-electron chi connectivity index (χ4n) is 3.76. The first-order valence-electron chi connectivity index (χ1n) is 11.3. The van der Waals surface area contributed by atoms with Gasteiger partial charge in [0.15, 0.2) is 0 Å². The average Bonchev–Trinajstić information content (AvgIpc) is 3.34. The van der Waals surface area contributed by atoms with Gasteiger partial charge in [0, 0.05) is 16.5 Å². The van der Waals surface area contributed by atoms with Crippen molar-refractivity contribution in [2.24, 2.45) is 0 Å². The number of halogens is 1. The van der Waals surface area contributed by atoms with E-state index in [0.29, 0.717) is 23.0 Å². The number of amides is 2. The molecule has 4 aromatic rings. The van der Waals surface area contributed by atoms with Crippen molar-refractivity contribution in [2.45, 2.75) is 31.7 Å². The van der Waals surface area contributed by atoms with Gasteiger partial charge < -0.3 is 5.32 Å². The van der Waals surface area contributed by atoms with Crippen LogP contribution < -0.4 is 10.6 Å². The van der Waals surface area contributed by atoms with Crippen LogP contribution in [0.5, 0.6) is 0 Å². The fraction of sp³-hybridized carbons (Fsp3) is 0.185. The maximum absolute atomic E-state index is 13.3. The molecular weight excluding hydrogens is 524 g/mol. The first-order chi connectivity index (χ1) is 17.0. The molecule has 35 heavy (non-hydrogen) atoms. The molecule has 1 heterocycles. The maximum Gasteiger partial charge on any atom is 0.249 e. The van der Waals surface area contributed by atoms with E-state index in [1.807, 2.05) is 91.9 Å². The number of aromatic nitrogens is 2. The highest BCUT2D eigenvalue weighted by Gasteiger charge is 2.27. The number of anilines is 1. The van der Waals surface area contributed by atoms with Crippen molar-refractivity contribution in [3.05, 3.63) is 101 Å². The third-order valence-electron chi connectivity index (χ3n) is 5.59. The Kier molecular flexibility index (Phi) is 8.39. The molecule has 0 aliphatic carbocycles. The lowest BCUT2D eigenvalue weighted by atomic mass is 9.94. The number of nitrogens with one attached hydrogen (secondary N) is 2. The van der Waals surface area contributed by atoms with Crippen LogP contribution in [0.15, 0.2) is 89.4 Å². The molecule has 3 aromatic carbocycles. The van der Waals surface area contributed by atoms with Gasteiger partial charge in [-0.1, -0.05) is 107 Å². The summed E-state index contributed by atoms with van der Waals surface area (Å²) in [6.07, 6.45) is 0.991. The van der Waals surface area contributed by atoms with Gasteiger partial charge in [-0.2, -0.15) is 0 Å². The molecule has 0 aliphatic rings. The highest BCUT2D eigenvalue weighted by Crippen LogP contribution is 2.27. The number of benzene rings is 3. The smallest absolute Gasteiger partial charge is 0.249 e. The second-order valence-corrected chi connectivity index (χ2v) is 9.92. The Morgan fingerprint density at radius 1 is 0.886 bits per heavy atom. The molecule has 2 atom stereocenters. The number of nitrogens with zero attached hydrogens (tertiary/aromatic N) is 2. The second kappa shape index (κ2) is 11.9. The number of hydrogen-bond acceptors (Lipinski definition) is 5. The Hall–Kier alpha value is -3.36. The predicted molar refractivity (Wildman–Crippen MR) is 143 cm³/mol. The van der Waals surface area contributed by atoms with Gasteiger partial charge in [0.1, 0.15) is 11.0 Å². The van der Waals surface area contributed by atoms with Crippen LogP contribution >= 0.6 is 27.3 Å². The van der Waals surface area contributed by atoms with E-state index in [-0.39, 0.29) is 17.7 Å². The van der Waals surface area contributed by atoms with Gasteiger partial charge in [0.05, 0.1) is 5.92 Å². The second-order valence-electron chi connectivity index (χ2n) is 8.03. The minimum absolute atomic E-state index is 0.178. The molecule has 2 amide bonds. The van der Waals surface area contributed by atoms with Crippen LogP contribution in [-0.4, -0.2) is 28.1 Å². The zero-order chi connectivity index (χ0) is 24.6. The normalized spacial score (nSPS) is 12.5. The Balaban J connectivity index is 1.51. The third-order valence-corrected chi connectivity index (χ3v) is 7.01. The molecule has 0 bridgehead atoms. The number of rotatable bonds is 9. The molecule has 0 aliphatic heterocycles. The van der Waals surface area contributed by atoms with Crippen molar-refractivity contribution in [1.29, 1.82) is 0 Å². The van der Waals surface area contributed by atoms with Gasteiger partial charge in [0.2, 0.25) is 16.9 Å². The van der Waals surface area contributed by atoms with Crippen LogP contribution in [0, 0.1) is 0 Å². The third kappa shape index (κ3) is 6.61. The van der Waals surface area contributed by atoms with E-state index in [2.05, 4.69) is 36.8 Å². The molecule has 2 unspecified atom stereocenters. The molecule has 0 fully saturated rings. The average molecular weight is 549 g/mol. The minimum Gasteiger partial charge on any atom is -0.343 e. The van der Waals surface area contributed by atoms with Gasteiger partial charge in [-0.25, -0.2) is 0 Å². The maximum atomic E-state index is 13.3. The van der Waals surface area contributed by atoms with Crippen LogP contribution in [0.25, 0.3) is 10.6 Å². The highest BCUT2D eigenvalue weighted by atomic mass is 79.9. The highest BCUT2D eigenvalue weighted by molar-refractivity contribution is 9.10. The first-order valence-corrected chi connectivity index (χ1v) is 12.9. The number of carbonyl (C=O) groups is 2. The topological polar surface area (TPSA) is 84.0 Å². The summed E-state index contributed by atoms with van der Waals surface area (Å²) in [7, 11) is 0. The molecule has 2 N–H and O–H groups in total. The summed E-state index contributed by atoms with van der Waals surface area (Å²) in [4.78, 5) is 26.5. The molecule has 0 radical (unpaired) electrons. The lowest BCUT2D eigenvalue weighted by Crippen LogP contribution is -2.46. The zero-order valence-electron chi connectivity index (χ0n) is 19.1. The monoisotopic (exact) mass is 548 g/mol. The van der Waals surface area contributed by atoms with Crippen LogP contribution in [0.1, 0.15) is 30.4 Å². The van der Waals surface area contributed by atoms with Crippen LogP contribution in [0.4, 0.5) is 5.13 Å². The van der Waals surface area contributed by atoms with E-state index in [9.17, 15) is 9.59 Å². The molecule has 8 heteroatoms. The summed E-state index contributed by atoms with van der Waals surface area (Å²) in [5.74, 6) is -0.848. The van der Waals surface area contributed by atoms with Crippen molar-refractivity contribution >= 4 is 44.2 Å². The van der Waals surface area contributed by atoms with Crippen LogP contribution in [0.3, 0.4) is 0 Å². The lowest BCUT2D eigenvalue weighted by Gasteiger charge is -2.22. The van der Waals surface area contributed by atoms with Crippen LogP contribution in [-0.2, 0) is 16.0 Å². The standard InChI is InChI=1S/C27H25BrN4O2S/c1-2-22(19-11-7-4-8-12-19)24(33)29-23(17-18-9-5-3-6-10-18)25(34)30-27-32-31-26(35-27)20-13-15-21(28)16-14-20/h3-16,22-23H,2,17H2,1H3,(H,29,33)(H,30,32,34). The van der Waals surface area contributed by atoms with Gasteiger partial charge in [0.25, 0.3) is 0 Å². The fourth-order valence-corrected chi connectivity index (χ4v) is 4.78. The van der Waals surface area contributed by atoms with Crippen LogP contribution in [0.2, 0.25) is 0 Å². The summed E-state index contributed by atoms with van der Waals surface area (Å²) in [5, 5.41) is 15.3. The Labute approximate surface area is 216 Å². The minimum atomic E-state index is -0.761. The van der Waals surface area contributed by atoms with Crippen molar-refractivity contribution < 1.29 is 9.59 Å². The summed E-state index contributed by atoms with van der Waals surface area (Å²) in [5.41, 5.74) is 2.79. The lowest BCUT2D eigenvalue weighted by molar-refractivity contribution is -0.127. The largest absolute Gasteiger partial charge is 0.343 e. The predicted octanol–water partition coefficient (Wildman–Crippen LogP) is 5.83. The number of carbonyl (C=O) groups excluding carboxylic acids is 2. The summed E-state index contributed by atoms with van der Waals surface area (Å²) < 4.78 is 0.972. The quantitative estimate of drug-likeness (QED) is 0.275. The molecule has 0 saturated carbocycles. The van der Waals surface area contributed by atoms with Crippen molar-refractivity contribution in [1.82, 2.24) is 15.5 Å². The van der Waals surface area contributed by atoms with Gasteiger partial charge in [-0.05, 0) is 29.7 Å². The summed E-state index contributed by atoms with van der Waals surface area (Å²) >= 11 is 4.71. The molecule has 4 rings (SSSR count). The van der Waals surface area contributed by atoms with Gasteiger partial charge in [-0.3, -0.25) is 14.9 Å². The Morgan fingerprint density at radius 2 is 1.54 bits per heavy atom. The summed E-state index contributed by atoms with van der Waals surface area (Å²) in [6.45, 7) is 1.97. The van der Waals surface area contributed by atoms with E-state index in [0.717, 1.165) is 21.2 Å². The van der Waals surface area contributed by atoms with Gasteiger partial charge >= 0.3 is 0 Å². The van der Waals surface area contributed by atoms with E-state index in [1.165, 1.54) is 11.3 Å². The number of hydrogen-bond donors (Lipinski definition) is 2. The van der Waals surface area contributed by atoms with Crippen molar-refractivity contribution in [3.63, 3.8) is 0 Å². The molecule has 0 saturated heterocycles. The van der Waals surface area contributed by atoms with E-state index >= 15 is 0 Å². The Bertz CT molecular complexity index is 1260. The molecule has 0 spiro atoms. The zero-order valence-corrected chi connectivity index (χ0v) is 21.6. The van der Waals surface area contributed by atoms with E-state index in [4.69, 9.17) is 0 Å². The molecule has 6 nitrogen and oxygen atoms in total.